The Morgan fingerprint density at radius 3 is 2.70 bits per heavy atom. The summed E-state index contributed by atoms with van der Waals surface area (Å²) in [5.74, 6) is -1.37. The van der Waals surface area contributed by atoms with Crippen LogP contribution in [0.5, 0.6) is 0 Å². The number of nitrogens with zero attached hydrogens (tertiary/aromatic N) is 2. The third kappa shape index (κ3) is 2.32. The first-order chi connectivity index (χ1) is 9.66. The van der Waals surface area contributed by atoms with Crippen LogP contribution in [0.15, 0.2) is 30.6 Å². The molecule has 0 aliphatic heterocycles. The molecule has 0 saturated heterocycles. The molecule has 2 N–H and O–H groups in total. The molecule has 1 heterocycles. The van der Waals surface area contributed by atoms with Crippen LogP contribution >= 0.6 is 0 Å². The van der Waals surface area contributed by atoms with Gasteiger partial charge in [-0.2, -0.15) is 0 Å². The molecule has 1 saturated carbocycles. The fourth-order valence-corrected chi connectivity index (χ4v) is 2.21. The summed E-state index contributed by atoms with van der Waals surface area (Å²) in [6.07, 6.45) is 4.74. The summed E-state index contributed by atoms with van der Waals surface area (Å²) < 4.78 is 0. The molecule has 1 atom stereocenters. The Bertz CT molecular complexity index is 677. The number of carbonyl (C=O) groups excluding carboxylic acids is 1. The summed E-state index contributed by atoms with van der Waals surface area (Å²) in [6.45, 7) is 0. The summed E-state index contributed by atoms with van der Waals surface area (Å²) in [7, 11) is 0. The summed E-state index contributed by atoms with van der Waals surface area (Å²) >= 11 is 0. The zero-order valence-corrected chi connectivity index (χ0v) is 10.6. The minimum atomic E-state index is -0.993. The van der Waals surface area contributed by atoms with E-state index in [9.17, 15) is 9.59 Å². The first-order valence-corrected chi connectivity index (χ1v) is 6.40. The fourth-order valence-electron chi connectivity index (χ4n) is 2.21. The maximum absolute atomic E-state index is 12.3. The molecule has 2 aromatic rings. The Labute approximate surface area is 114 Å². The highest BCUT2D eigenvalue weighted by atomic mass is 16.4. The lowest BCUT2D eigenvalue weighted by Gasteiger charge is -2.14. The van der Waals surface area contributed by atoms with Crippen molar-refractivity contribution in [3.63, 3.8) is 0 Å². The predicted octanol–water partition coefficient (Wildman–Crippen LogP) is 1.22. The van der Waals surface area contributed by atoms with Crippen LogP contribution in [-0.2, 0) is 4.79 Å². The summed E-state index contributed by atoms with van der Waals surface area (Å²) in [5, 5.41) is 11.7. The Kier molecular flexibility index (Phi) is 3.06. The summed E-state index contributed by atoms with van der Waals surface area (Å²) in [4.78, 5) is 31.7. The number of carbonyl (C=O) groups is 2. The van der Waals surface area contributed by atoms with Gasteiger partial charge < -0.3 is 10.4 Å². The third-order valence-electron chi connectivity index (χ3n) is 3.39. The standard InChI is InChI=1S/C14H13N3O3/c18-13(17-11(14(19)20)8-4-5-8)9-2-1-3-10-12(9)16-7-6-15-10/h1-3,6-8,11H,4-5H2,(H,17,18)(H,19,20). The number of amides is 1. The van der Waals surface area contributed by atoms with E-state index >= 15 is 0 Å². The highest BCUT2D eigenvalue weighted by Crippen LogP contribution is 2.33. The zero-order chi connectivity index (χ0) is 14.1. The second-order valence-electron chi connectivity index (χ2n) is 4.86. The topological polar surface area (TPSA) is 92.2 Å². The van der Waals surface area contributed by atoms with Gasteiger partial charge in [-0.05, 0) is 30.9 Å². The van der Waals surface area contributed by atoms with Gasteiger partial charge in [-0.15, -0.1) is 0 Å². The van der Waals surface area contributed by atoms with E-state index in [1.54, 1.807) is 24.4 Å². The van der Waals surface area contributed by atoms with Crippen molar-refractivity contribution in [2.75, 3.05) is 0 Å². The summed E-state index contributed by atoms with van der Waals surface area (Å²) in [6, 6.07) is 4.26. The van der Waals surface area contributed by atoms with Gasteiger partial charge in [0.2, 0.25) is 0 Å². The molecule has 0 bridgehead atoms. The molecule has 1 aromatic heterocycles. The number of carboxylic acids is 1. The second-order valence-corrected chi connectivity index (χ2v) is 4.86. The van der Waals surface area contributed by atoms with E-state index in [-0.39, 0.29) is 5.92 Å². The van der Waals surface area contributed by atoms with Crippen LogP contribution in [-0.4, -0.2) is 33.0 Å². The highest BCUT2D eigenvalue weighted by Gasteiger charge is 2.37. The van der Waals surface area contributed by atoms with Crippen LogP contribution in [0.25, 0.3) is 11.0 Å². The molecular formula is C14H13N3O3. The zero-order valence-electron chi connectivity index (χ0n) is 10.6. The molecule has 1 aliphatic rings. The molecule has 1 unspecified atom stereocenters. The van der Waals surface area contributed by atoms with Gasteiger partial charge in [0.1, 0.15) is 11.6 Å². The van der Waals surface area contributed by atoms with E-state index in [2.05, 4.69) is 15.3 Å². The van der Waals surface area contributed by atoms with Gasteiger partial charge in [-0.3, -0.25) is 14.8 Å². The van der Waals surface area contributed by atoms with Gasteiger partial charge in [0, 0.05) is 12.4 Å². The van der Waals surface area contributed by atoms with Gasteiger partial charge in [0.25, 0.3) is 5.91 Å². The predicted molar refractivity (Wildman–Crippen MR) is 71.2 cm³/mol. The molecule has 0 radical (unpaired) electrons. The van der Waals surface area contributed by atoms with Crippen LogP contribution < -0.4 is 5.32 Å². The summed E-state index contributed by atoms with van der Waals surface area (Å²) in [5.41, 5.74) is 1.44. The third-order valence-corrected chi connectivity index (χ3v) is 3.39. The Morgan fingerprint density at radius 1 is 1.25 bits per heavy atom. The first-order valence-electron chi connectivity index (χ1n) is 6.40. The number of hydrogen-bond acceptors (Lipinski definition) is 4. The molecular weight excluding hydrogens is 258 g/mol. The van der Waals surface area contributed by atoms with Crippen molar-refractivity contribution >= 4 is 22.9 Å². The lowest BCUT2D eigenvalue weighted by atomic mass is 10.1. The van der Waals surface area contributed by atoms with Crippen molar-refractivity contribution in [1.29, 1.82) is 0 Å². The van der Waals surface area contributed by atoms with Crippen molar-refractivity contribution in [1.82, 2.24) is 15.3 Å². The molecule has 1 aliphatic carbocycles. The van der Waals surface area contributed by atoms with E-state index in [1.165, 1.54) is 6.20 Å². The number of aliphatic carboxylic acids is 1. The molecule has 1 amide bonds. The number of rotatable bonds is 4. The molecule has 6 heteroatoms. The minimum absolute atomic E-state index is 0.0394. The largest absolute Gasteiger partial charge is 0.480 e. The maximum Gasteiger partial charge on any atom is 0.326 e. The number of benzene rings is 1. The second kappa shape index (κ2) is 4.88. The monoisotopic (exact) mass is 271 g/mol. The lowest BCUT2D eigenvalue weighted by Crippen LogP contribution is -2.42. The Hall–Kier alpha value is -2.50. The van der Waals surface area contributed by atoms with Crippen LogP contribution in [0, 0.1) is 5.92 Å². The van der Waals surface area contributed by atoms with Gasteiger partial charge in [-0.25, -0.2) is 4.79 Å². The van der Waals surface area contributed by atoms with Crippen molar-refractivity contribution < 1.29 is 14.7 Å². The molecule has 1 aromatic carbocycles. The normalized spacial score (nSPS) is 15.8. The van der Waals surface area contributed by atoms with Crippen molar-refractivity contribution in [2.24, 2.45) is 5.92 Å². The van der Waals surface area contributed by atoms with E-state index in [0.717, 1.165) is 12.8 Å². The van der Waals surface area contributed by atoms with E-state index in [0.29, 0.717) is 16.6 Å². The van der Waals surface area contributed by atoms with Crippen molar-refractivity contribution in [3.05, 3.63) is 36.2 Å². The molecule has 3 rings (SSSR count). The smallest absolute Gasteiger partial charge is 0.326 e. The quantitative estimate of drug-likeness (QED) is 0.872. The average molecular weight is 271 g/mol. The van der Waals surface area contributed by atoms with Gasteiger partial charge >= 0.3 is 5.97 Å². The van der Waals surface area contributed by atoms with Crippen molar-refractivity contribution in [3.8, 4) is 0 Å². The SMILES string of the molecule is O=C(NC(C(=O)O)C1CC1)c1cccc2nccnc12. The van der Waals surface area contributed by atoms with Crippen molar-refractivity contribution in [2.45, 2.75) is 18.9 Å². The van der Waals surface area contributed by atoms with Crippen LogP contribution in [0.2, 0.25) is 0 Å². The van der Waals surface area contributed by atoms with Crippen LogP contribution in [0.1, 0.15) is 23.2 Å². The number of hydrogen-bond donors (Lipinski definition) is 2. The van der Waals surface area contributed by atoms with Crippen LogP contribution in [0.3, 0.4) is 0 Å². The highest BCUT2D eigenvalue weighted by molar-refractivity contribution is 6.05. The van der Waals surface area contributed by atoms with Gasteiger partial charge in [-0.1, -0.05) is 6.07 Å². The molecule has 6 nitrogen and oxygen atoms in total. The maximum atomic E-state index is 12.3. The molecule has 0 spiro atoms. The van der Waals surface area contributed by atoms with E-state index in [4.69, 9.17) is 5.11 Å². The minimum Gasteiger partial charge on any atom is -0.480 e. The number of carboxylic acid groups (broad SMARTS) is 1. The van der Waals surface area contributed by atoms with E-state index in [1.807, 2.05) is 0 Å². The number of para-hydroxylation sites is 1. The average Bonchev–Trinajstić information content (AvgIpc) is 3.28. The molecule has 1 fully saturated rings. The van der Waals surface area contributed by atoms with Gasteiger partial charge in [0.15, 0.2) is 0 Å². The number of aromatic nitrogens is 2. The molecule has 102 valence electrons. The number of nitrogens with one attached hydrogen (secondary N) is 1. The van der Waals surface area contributed by atoms with Crippen LogP contribution in [0.4, 0.5) is 0 Å². The Balaban J connectivity index is 1.90. The van der Waals surface area contributed by atoms with Gasteiger partial charge in [0.05, 0.1) is 11.1 Å². The van der Waals surface area contributed by atoms with E-state index < -0.39 is 17.9 Å². The first kappa shape index (κ1) is 12.5. The fraction of sp³-hybridized carbons (Fsp3) is 0.286. The Morgan fingerprint density at radius 2 is 2.00 bits per heavy atom. The number of fused-ring (bicyclic) bond motifs is 1. The lowest BCUT2D eigenvalue weighted by molar-refractivity contribution is -0.139. The molecule has 20 heavy (non-hydrogen) atoms.